The Hall–Kier alpha value is 0.190. The largest absolute Gasteiger partial charge is 0.390 e. The zero-order valence-corrected chi connectivity index (χ0v) is 11.6. The van der Waals surface area contributed by atoms with E-state index < -0.39 is 6.10 Å². The molecule has 0 radical (unpaired) electrons. The van der Waals surface area contributed by atoms with Crippen LogP contribution in [0.3, 0.4) is 0 Å². The number of thioether (sulfide) groups is 1. The standard InChI is InChI=1S/C12H24O4S/c1-10(6-14-2)16-7-11(13)8-17-9-12-4-3-5-15-12/h10-13H,3-9H2,1-2H3. The van der Waals surface area contributed by atoms with E-state index in [-0.39, 0.29) is 6.10 Å². The molecular weight excluding hydrogens is 240 g/mol. The third-order valence-electron chi connectivity index (χ3n) is 2.61. The molecule has 4 nitrogen and oxygen atoms in total. The lowest BCUT2D eigenvalue weighted by Crippen LogP contribution is -2.25. The van der Waals surface area contributed by atoms with Crippen molar-refractivity contribution in [3.05, 3.63) is 0 Å². The minimum absolute atomic E-state index is 0.0396. The third-order valence-corrected chi connectivity index (χ3v) is 3.84. The number of aliphatic hydroxyl groups is 1. The fourth-order valence-corrected chi connectivity index (χ4v) is 2.75. The highest BCUT2D eigenvalue weighted by molar-refractivity contribution is 7.99. The zero-order valence-electron chi connectivity index (χ0n) is 10.8. The molecule has 1 fully saturated rings. The first-order chi connectivity index (χ1) is 8.22. The minimum Gasteiger partial charge on any atom is -0.390 e. The van der Waals surface area contributed by atoms with Crippen LogP contribution in [0.15, 0.2) is 0 Å². The van der Waals surface area contributed by atoms with Gasteiger partial charge >= 0.3 is 0 Å². The van der Waals surface area contributed by atoms with Gasteiger partial charge in [-0.05, 0) is 19.8 Å². The quantitative estimate of drug-likeness (QED) is 0.680. The van der Waals surface area contributed by atoms with Crippen LogP contribution >= 0.6 is 11.8 Å². The molecule has 102 valence electrons. The first kappa shape index (κ1) is 15.2. The van der Waals surface area contributed by atoms with E-state index in [0.29, 0.717) is 25.1 Å². The van der Waals surface area contributed by atoms with Crippen molar-refractivity contribution >= 4 is 11.8 Å². The normalized spacial score (nSPS) is 23.8. The van der Waals surface area contributed by atoms with Crippen LogP contribution in [0, 0.1) is 0 Å². The molecule has 0 aromatic rings. The first-order valence-electron chi connectivity index (χ1n) is 6.20. The summed E-state index contributed by atoms with van der Waals surface area (Å²) in [5, 5.41) is 9.71. The number of hydrogen-bond donors (Lipinski definition) is 1. The predicted octanol–water partition coefficient (Wildman–Crippen LogP) is 1.31. The van der Waals surface area contributed by atoms with Gasteiger partial charge in [-0.3, -0.25) is 0 Å². The summed E-state index contributed by atoms with van der Waals surface area (Å²) in [6.07, 6.45) is 2.36. The molecule has 0 bridgehead atoms. The lowest BCUT2D eigenvalue weighted by molar-refractivity contribution is -0.0257. The Balaban J connectivity index is 1.94. The smallest absolute Gasteiger partial charge is 0.0863 e. The second kappa shape index (κ2) is 9.16. The molecular formula is C12H24O4S. The average molecular weight is 264 g/mol. The molecule has 3 unspecified atom stereocenters. The van der Waals surface area contributed by atoms with Gasteiger partial charge in [0.1, 0.15) is 0 Å². The fraction of sp³-hybridized carbons (Fsp3) is 1.00. The highest BCUT2D eigenvalue weighted by atomic mass is 32.2. The van der Waals surface area contributed by atoms with Gasteiger partial charge in [-0.15, -0.1) is 0 Å². The Labute approximate surface area is 108 Å². The fourth-order valence-electron chi connectivity index (χ4n) is 1.72. The van der Waals surface area contributed by atoms with Crippen LogP contribution in [0.5, 0.6) is 0 Å². The maximum Gasteiger partial charge on any atom is 0.0863 e. The van der Waals surface area contributed by atoms with Crippen LogP contribution in [0.2, 0.25) is 0 Å². The number of aliphatic hydroxyl groups excluding tert-OH is 1. The monoisotopic (exact) mass is 264 g/mol. The van der Waals surface area contributed by atoms with E-state index in [1.54, 1.807) is 18.9 Å². The highest BCUT2D eigenvalue weighted by Crippen LogP contribution is 2.17. The van der Waals surface area contributed by atoms with Crippen LogP contribution in [-0.2, 0) is 14.2 Å². The zero-order chi connectivity index (χ0) is 12.5. The summed E-state index contributed by atoms with van der Waals surface area (Å²) in [6.45, 7) is 3.78. The van der Waals surface area contributed by atoms with Crippen molar-refractivity contribution < 1.29 is 19.3 Å². The molecule has 3 atom stereocenters. The van der Waals surface area contributed by atoms with E-state index in [2.05, 4.69) is 0 Å². The summed E-state index contributed by atoms with van der Waals surface area (Å²) >= 11 is 1.74. The first-order valence-corrected chi connectivity index (χ1v) is 7.35. The summed E-state index contributed by atoms with van der Waals surface area (Å²) in [4.78, 5) is 0. The molecule has 5 heteroatoms. The van der Waals surface area contributed by atoms with Gasteiger partial charge in [0.05, 0.1) is 31.5 Å². The van der Waals surface area contributed by atoms with E-state index in [0.717, 1.165) is 18.8 Å². The van der Waals surface area contributed by atoms with Gasteiger partial charge in [0.25, 0.3) is 0 Å². The Bertz CT molecular complexity index is 185. The maximum absolute atomic E-state index is 9.71. The molecule has 1 rings (SSSR count). The number of hydrogen-bond acceptors (Lipinski definition) is 5. The van der Waals surface area contributed by atoms with Crippen LogP contribution < -0.4 is 0 Å². The molecule has 1 aliphatic heterocycles. The third kappa shape index (κ3) is 7.26. The van der Waals surface area contributed by atoms with E-state index >= 15 is 0 Å². The Morgan fingerprint density at radius 1 is 1.47 bits per heavy atom. The molecule has 0 saturated carbocycles. The van der Waals surface area contributed by atoms with Gasteiger partial charge in [-0.25, -0.2) is 0 Å². The lowest BCUT2D eigenvalue weighted by atomic mass is 10.3. The SMILES string of the molecule is COCC(C)OCC(O)CSCC1CCCO1. The second-order valence-electron chi connectivity index (χ2n) is 4.43. The average Bonchev–Trinajstić information content (AvgIpc) is 2.80. The Morgan fingerprint density at radius 2 is 2.29 bits per heavy atom. The van der Waals surface area contributed by atoms with Crippen LogP contribution in [-0.4, -0.2) is 61.9 Å². The van der Waals surface area contributed by atoms with E-state index in [9.17, 15) is 5.11 Å². The summed E-state index contributed by atoms with van der Waals surface area (Å²) in [7, 11) is 1.65. The molecule has 1 heterocycles. The summed E-state index contributed by atoms with van der Waals surface area (Å²) in [5.41, 5.74) is 0. The Kier molecular flexibility index (Phi) is 8.22. The lowest BCUT2D eigenvalue weighted by Gasteiger charge is -2.16. The van der Waals surface area contributed by atoms with Gasteiger partial charge < -0.3 is 19.3 Å². The molecule has 17 heavy (non-hydrogen) atoms. The predicted molar refractivity (Wildman–Crippen MR) is 69.6 cm³/mol. The van der Waals surface area contributed by atoms with Crippen molar-refractivity contribution in [2.45, 2.75) is 38.1 Å². The van der Waals surface area contributed by atoms with Gasteiger partial charge in [-0.2, -0.15) is 11.8 Å². The van der Waals surface area contributed by atoms with E-state index in [4.69, 9.17) is 14.2 Å². The van der Waals surface area contributed by atoms with Crippen LogP contribution in [0.4, 0.5) is 0 Å². The Morgan fingerprint density at radius 3 is 2.94 bits per heavy atom. The van der Waals surface area contributed by atoms with Crippen molar-refractivity contribution in [1.82, 2.24) is 0 Å². The molecule has 0 aliphatic carbocycles. The van der Waals surface area contributed by atoms with Crippen molar-refractivity contribution in [3.8, 4) is 0 Å². The van der Waals surface area contributed by atoms with Crippen molar-refractivity contribution in [3.63, 3.8) is 0 Å². The van der Waals surface area contributed by atoms with E-state index in [1.165, 1.54) is 6.42 Å². The molecule has 0 aromatic heterocycles. The van der Waals surface area contributed by atoms with Crippen LogP contribution in [0.1, 0.15) is 19.8 Å². The van der Waals surface area contributed by atoms with Crippen molar-refractivity contribution in [1.29, 1.82) is 0 Å². The van der Waals surface area contributed by atoms with Crippen molar-refractivity contribution in [2.24, 2.45) is 0 Å². The topological polar surface area (TPSA) is 47.9 Å². The van der Waals surface area contributed by atoms with Gasteiger partial charge in [0.15, 0.2) is 0 Å². The molecule has 1 saturated heterocycles. The van der Waals surface area contributed by atoms with Gasteiger partial charge in [0.2, 0.25) is 0 Å². The molecule has 1 N–H and O–H groups in total. The maximum atomic E-state index is 9.71. The summed E-state index contributed by atoms with van der Waals surface area (Å²) in [5.74, 6) is 1.68. The second-order valence-corrected chi connectivity index (χ2v) is 5.50. The van der Waals surface area contributed by atoms with Crippen molar-refractivity contribution in [2.75, 3.05) is 38.4 Å². The number of ether oxygens (including phenoxy) is 3. The van der Waals surface area contributed by atoms with Gasteiger partial charge in [-0.1, -0.05) is 0 Å². The summed E-state index contributed by atoms with van der Waals surface area (Å²) in [6, 6.07) is 0. The minimum atomic E-state index is -0.402. The molecule has 0 aromatic carbocycles. The highest BCUT2D eigenvalue weighted by Gasteiger charge is 2.16. The van der Waals surface area contributed by atoms with Gasteiger partial charge in [0, 0.05) is 25.2 Å². The molecule has 0 spiro atoms. The number of rotatable bonds is 9. The van der Waals surface area contributed by atoms with E-state index in [1.807, 2.05) is 6.92 Å². The molecule has 1 aliphatic rings. The van der Waals surface area contributed by atoms with Crippen LogP contribution in [0.25, 0.3) is 0 Å². The summed E-state index contributed by atoms with van der Waals surface area (Å²) < 4.78 is 15.9. The molecule has 0 amide bonds. The number of methoxy groups -OCH3 is 1.